The number of carbonyl (C=O) groups excluding carboxylic acids is 1. The first kappa shape index (κ1) is 19.0. The summed E-state index contributed by atoms with van der Waals surface area (Å²) in [5, 5.41) is 6.10. The molecular weight excluding hydrogens is 406 g/mol. The summed E-state index contributed by atoms with van der Waals surface area (Å²) < 4.78 is 5.95. The van der Waals surface area contributed by atoms with Gasteiger partial charge in [-0.05, 0) is 80.5 Å². The highest BCUT2D eigenvalue weighted by Crippen LogP contribution is 2.60. The zero-order valence-corrected chi connectivity index (χ0v) is 18.1. The van der Waals surface area contributed by atoms with E-state index in [4.69, 9.17) is 4.74 Å². The molecule has 0 amide bonds. The molecule has 0 unspecified atom stereocenters. The van der Waals surface area contributed by atoms with Crippen LogP contribution in [0.1, 0.15) is 38.5 Å². The van der Waals surface area contributed by atoms with Gasteiger partial charge in [0.1, 0.15) is 11.4 Å². The number of hydrogen-bond donors (Lipinski definition) is 1. The lowest BCUT2D eigenvalue weighted by Gasteiger charge is -2.55. The van der Waals surface area contributed by atoms with Gasteiger partial charge in [-0.2, -0.15) is 0 Å². The Bertz CT molecular complexity index is 1080. The van der Waals surface area contributed by atoms with Crippen molar-refractivity contribution in [2.24, 2.45) is 23.2 Å². The first-order valence-electron chi connectivity index (χ1n) is 11.1. The van der Waals surface area contributed by atoms with Crippen molar-refractivity contribution in [3.8, 4) is 17.1 Å². The van der Waals surface area contributed by atoms with Gasteiger partial charge in [0.05, 0.1) is 11.1 Å². The number of hydrogen-bond acceptors (Lipinski definition) is 6. The molecule has 31 heavy (non-hydrogen) atoms. The second kappa shape index (κ2) is 7.45. The number of rotatable bonds is 5. The molecule has 6 heteroatoms. The maximum atomic E-state index is 13.2. The standard InChI is InChI=1S/C25H25N3O2S/c29-23(25-12-16-8-17(13-25)10-18(9-16)14-25)30-20-5-3-4-19(11-20)27-24-28-22(15-31-24)21-6-1-2-7-26-21/h1-7,11,15-18H,8-10,12-14H2,(H,27,28). The fourth-order valence-electron chi connectivity index (χ4n) is 6.30. The predicted molar refractivity (Wildman–Crippen MR) is 121 cm³/mol. The Hall–Kier alpha value is -2.73. The number of nitrogens with one attached hydrogen (secondary N) is 1. The van der Waals surface area contributed by atoms with Gasteiger partial charge in [0.25, 0.3) is 0 Å². The summed E-state index contributed by atoms with van der Waals surface area (Å²) in [6.07, 6.45) is 8.78. The summed E-state index contributed by atoms with van der Waals surface area (Å²) in [5.74, 6) is 2.77. The fraction of sp³-hybridized carbons (Fsp3) is 0.400. The third-order valence-electron chi connectivity index (χ3n) is 7.20. The highest BCUT2D eigenvalue weighted by atomic mass is 32.1. The summed E-state index contributed by atoms with van der Waals surface area (Å²) in [7, 11) is 0. The molecule has 2 heterocycles. The number of ether oxygens (including phenoxy) is 1. The van der Waals surface area contributed by atoms with E-state index >= 15 is 0 Å². The van der Waals surface area contributed by atoms with Gasteiger partial charge in [-0.3, -0.25) is 9.78 Å². The molecule has 1 N–H and O–H groups in total. The molecule has 158 valence electrons. The lowest BCUT2D eigenvalue weighted by Crippen LogP contribution is -2.51. The van der Waals surface area contributed by atoms with E-state index < -0.39 is 0 Å². The van der Waals surface area contributed by atoms with E-state index in [9.17, 15) is 4.79 Å². The fourth-order valence-corrected chi connectivity index (χ4v) is 7.02. The lowest BCUT2D eigenvalue weighted by atomic mass is 9.49. The van der Waals surface area contributed by atoms with Crippen molar-refractivity contribution >= 4 is 28.1 Å². The number of nitrogens with zero attached hydrogens (tertiary/aromatic N) is 2. The molecule has 1 aromatic carbocycles. The normalized spacial score (nSPS) is 28.5. The van der Waals surface area contributed by atoms with Crippen molar-refractivity contribution in [1.82, 2.24) is 9.97 Å². The number of esters is 1. The van der Waals surface area contributed by atoms with Crippen LogP contribution in [0.25, 0.3) is 11.4 Å². The Kier molecular flexibility index (Phi) is 4.56. The molecule has 4 aliphatic rings. The van der Waals surface area contributed by atoms with Crippen molar-refractivity contribution in [2.75, 3.05) is 5.32 Å². The largest absolute Gasteiger partial charge is 0.426 e. The second-order valence-electron chi connectivity index (χ2n) is 9.49. The smallest absolute Gasteiger partial charge is 0.317 e. The Morgan fingerprint density at radius 2 is 1.77 bits per heavy atom. The van der Waals surface area contributed by atoms with E-state index in [0.717, 1.165) is 59.2 Å². The van der Waals surface area contributed by atoms with Crippen molar-refractivity contribution in [3.05, 3.63) is 54.0 Å². The van der Waals surface area contributed by atoms with E-state index in [2.05, 4.69) is 15.3 Å². The SMILES string of the molecule is O=C(Oc1cccc(Nc2nc(-c3ccccn3)cs2)c1)C12CC3CC(CC(C3)C1)C2. The minimum atomic E-state index is -0.245. The van der Waals surface area contributed by atoms with E-state index in [1.807, 2.05) is 47.8 Å². The molecule has 4 saturated carbocycles. The Balaban J connectivity index is 1.16. The van der Waals surface area contributed by atoms with Crippen molar-refractivity contribution in [1.29, 1.82) is 0 Å². The molecule has 5 nitrogen and oxygen atoms in total. The van der Waals surface area contributed by atoms with Gasteiger partial charge in [0.2, 0.25) is 0 Å². The number of aromatic nitrogens is 2. The summed E-state index contributed by atoms with van der Waals surface area (Å²) in [6.45, 7) is 0. The molecule has 0 aliphatic heterocycles. The summed E-state index contributed by atoms with van der Waals surface area (Å²) in [6, 6.07) is 13.4. The number of pyridine rings is 1. The first-order valence-corrected chi connectivity index (χ1v) is 12.0. The lowest BCUT2D eigenvalue weighted by molar-refractivity contribution is -0.161. The molecule has 0 radical (unpaired) electrons. The van der Waals surface area contributed by atoms with Gasteiger partial charge >= 0.3 is 5.97 Å². The van der Waals surface area contributed by atoms with Crippen molar-refractivity contribution in [3.63, 3.8) is 0 Å². The van der Waals surface area contributed by atoms with E-state index in [-0.39, 0.29) is 11.4 Å². The van der Waals surface area contributed by atoms with E-state index in [1.54, 1.807) is 6.20 Å². The summed E-state index contributed by atoms with van der Waals surface area (Å²) >= 11 is 1.53. The Morgan fingerprint density at radius 1 is 1.00 bits per heavy atom. The number of benzene rings is 1. The van der Waals surface area contributed by atoms with Crippen LogP contribution < -0.4 is 10.1 Å². The first-order chi connectivity index (χ1) is 15.1. The molecule has 7 rings (SSSR count). The van der Waals surface area contributed by atoms with Crippen molar-refractivity contribution in [2.45, 2.75) is 38.5 Å². The van der Waals surface area contributed by atoms with Gasteiger partial charge in [-0.15, -0.1) is 11.3 Å². The number of thiazole rings is 1. The van der Waals surface area contributed by atoms with Crippen LogP contribution in [0.2, 0.25) is 0 Å². The van der Waals surface area contributed by atoms with Crippen LogP contribution in [-0.4, -0.2) is 15.9 Å². The zero-order chi connectivity index (χ0) is 20.8. The molecule has 4 aliphatic carbocycles. The van der Waals surface area contributed by atoms with E-state index in [0.29, 0.717) is 5.75 Å². The molecule has 4 bridgehead atoms. The molecule has 0 atom stereocenters. The minimum Gasteiger partial charge on any atom is -0.426 e. The van der Waals surface area contributed by atoms with Crippen LogP contribution in [0, 0.1) is 23.2 Å². The van der Waals surface area contributed by atoms with Crippen LogP contribution in [0.5, 0.6) is 5.75 Å². The summed E-state index contributed by atoms with van der Waals surface area (Å²) in [5.41, 5.74) is 2.31. The molecule has 2 aromatic heterocycles. The van der Waals surface area contributed by atoms with Gasteiger partial charge in [-0.25, -0.2) is 4.98 Å². The van der Waals surface area contributed by atoms with Gasteiger partial charge in [0.15, 0.2) is 5.13 Å². The topological polar surface area (TPSA) is 64.1 Å². The van der Waals surface area contributed by atoms with Gasteiger partial charge in [0, 0.05) is 23.3 Å². The van der Waals surface area contributed by atoms with Crippen LogP contribution in [-0.2, 0) is 4.79 Å². The number of anilines is 2. The predicted octanol–water partition coefficient (Wildman–Crippen LogP) is 6.07. The van der Waals surface area contributed by atoms with Crippen LogP contribution in [0.15, 0.2) is 54.0 Å². The average molecular weight is 432 g/mol. The van der Waals surface area contributed by atoms with Gasteiger partial charge in [-0.1, -0.05) is 12.1 Å². The molecular formula is C25H25N3O2S. The highest BCUT2D eigenvalue weighted by Gasteiger charge is 2.55. The van der Waals surface area contributed by atoms with Crippen LogP contribution in [0.4, 0.5) is 10.8 Å². The monoisotopic (exact) mass is 431 g/mol. The molecule has 0 spiro atoms. The highest BCUT2D eigenvalue weighted by molar-refractivity contribution is 7.14. The Labute approximate surface area is 185 Å². The Morgan fingerprint density at radius 3 is 2.48 bits per heavy atom. The van der Waals surface area contributed by atoms with Crippen LogP contribution in [0.3, 0.4) is 0 Å². The molecule has 0 saturated heterocycles. The quantitative estimate of drug-likeness (QED) is 0.392. The van der Waals surface area contributed by atoms with Crippen LogP contribution >= 0.6 is 11.3 Å². The maximum Gasteiger partial charge on any atom is 0.317 e. The minimum absolute atomic E-state index is 0.0181. The maximum absolute atomic E-state index is 13.2. The molecule has 3 aromatic rings. The second-order valence-corrected chi connectivity index (χ2v) is 10.4. The number of carbonyl (C=O) groups is 1. The zero-order valence-electron chi connectivity index (χ0n) is 17.3. The summed E-state index contributed by atoms with van der Waals surface area (Å²) in [4.78, 5) is 22.2. The third kappa shape index (κ3) is 3.63. The average Bonchev–Trinajstić information content (AvgIpc) is 3.22. The third-order valence-corrected chi connectivity index (χ3v) is 7.96. The van der Waals surface area contributed by atoms with Gasteiger partial charge < -0.3 is 10.1 Å². The molecule has 4 fully saturated rings. The van der Waals surface area contributed by atoms with E-state index in [1.165, 1.54) is 30.6 Å². The van der Waals surface area contributed by atoms with Crippen molar-refractivity contribution < 1.29 is 9.53 Å².